The summed E-state index contributed by atoms with van der Waals surface area (Å²) in [6.07, 6.45) is 5.78. The third kappa shape index (κ3) is 4.80. The van der Waals surface area contributed by atoms with Gasteiger partial charge in [-0.2, -0.15) is 0 Å². The van der Waals surface area contributed by atoms with Crippen LogP contribution in [-0.2, 0) is 11.8 Å². The second-order valence-corrected chi connectivity index (χ2v) is 10.00. The zero-order chi connectivity index (χ0) is 24.6. The normalized spacial score (nSPS) is 13.9. The Morgan fingerprint density at radius 3 is 2.60 bits per heavy atom. The van der Waals surface area contributed by atoms with Gasteiger partial charge in [-0.15, -0.1) is 0 Å². The number of pyridine rings is 1. The van der Waals surface area contributed by atoms with E-state index in [4.69, 9.17) is 9.52 Å². The number of Topliss-reactive ketones (excluding diaryl/α,β-unsaturated/α-hetero) is 1. The summed E-state index contributed by atoms with van der Waals surface area (Å²) in [6, 6.07) is 13.8. The lowest BCUT2D eigenvalue weighted by molar-refractivity contribution is 0.0966. The number of rotatable bonds is 6. The van der Waals surface area contributed by atoms with Gasteiger partial charge in [-0.25, -0.2) is 9.97 Å². The lowest BCUT2D eigenvalue weighted by atomic mass is 9.85. The minimum Gasteiger partial charge on any atom is -0.360 e. The van der Waals surface area contributed by atoms with Gasteiger partial charge in [0.25, 0.3) is 0 Å². The van der Waals surface area contributed by atoms with Crippen molar-refractivity contribution in [1.29, 1.82) is 0 Å². The number of aromatic nitrogens is 4. The minimum absolute atomic E-state index is 0.0755. The monoisotopic (exact) mass is 465 g/mol. The first-order valence-corrected chi connectivity index (χ1v) is 11.7. The van der Waals surface area contributed by atoms with Crippen molar-refractivity contribution in [1.82, 2.24) is 20.1 Å². The number of benzene rings is 1. The topological polar surface area (TPSA) is 94.1 Å². The molecule has 1 atom stereocenters. The fourth-order valence-corrected chi connectivity index (χ4v) is 4.15. The molecular weight excluding hydrogens is 438 g/mol. The Hall–Kier alpha value is -4.00. The highest BCUT2D eigenvalue weighted by Gasteiger charge is 2.24. The number of hydrogen-bond donors (Lipinski definition) is 0. The SMILES string of the molecule is C[C@@H](CC(=O)c1cc(-c2ccncc2)ncn1)c1cc(C2=Nc3ccc(C(C)(C)C)cc3C2)no1. The van der Waals surface area contributed by atoms with Crippen LogP contribution in [0.4, 0.5) is 5.69 Å². The van der Waals surface area contributed by atoms with E-state index in [9.17, 15) is 4.79 Å². The second kappa shape index (κ2) is 8.98. The zero-order valence-electron chi connectivity index (χ0n) is 20.3. The van der Waals surface area contributed by atoms with Crippen LogP contribution in [-0.4, -0.2) is 31.6 Å². The first-order chi connectivity index (χ1) is 16.8. The smallest absolute Gasteiger partial charge is 0.182 e. The van der Waals surface area contributed by atoms with Crippen molar-refractivity contribution in [3.63, 3.8) is 0 Å². The molecule has 0 N–H and O–H groups in total. The van der Waals surface area contributed by atoms with Crippen LogP contribution in [0.25, 0.3) is 11.3 Å². The van der Waals surface area contributed by atoms with Gasteiger partial charge in [0, 0.05) is 42.8 Å². The third-order valence-corrected chi connectivity index (χ3v) is 6.29. The fourth-order valence-electron chi connectivity index (χ4n) is 4.15. The lowest BCUT2D eigenvalue weighted by Crippen LogP contribution is -2.11. The molecule has 7 nitrogen and oxygen atoms in total. The molecule has 1 aliphatic heterocycles. The predicted molar refractivity (Wildman–Crippen MR) is 134 cm³/mol. The van der Waals surface area contributed by atoms with Crippen LogP contribution in [0.1, 0.15) is 73.1 Å². The lowest BCUT2D eigenvalue weighted by Gasteiger charge is -2.19. The van der Waals surface area contributed by atoms with Crippen LogP contribution in [0.3, 0.4) is 0 Å². The summed E-state index contributed by atoms with van der Waals surface area (Å²) in [5.74, 6) is 0.430. The van der Waals surface area contributed by atoms with Crippen LogP contribution in [0.15, 0.2) is 70.7 Å². The van der Waals surface area contributed by atoms with Gasteiger partial charge in [0.15, 0.2) is 5.78 Å². The minimum atomic E-state index is -0.153. The van der Waals surface area contributed by atoms with Crippen LogP contribution >= 0.6 is 0 Å². The standard InChI is InChI=1S/C28H27N5O2/c1-17(11-26(34)25-14-22(30-16-31-25)18-7-9-29-10-8-18)27-15-24(33-35-27)23-13-19-12-20(28(2,3)4)5-6-21(19)32-23/h5-10,12,14-17H,11,13H2,1-4H3/t17-/m0/s1. The van der Waals surface area contributed by atoms with Gasteiger partial charge in [0.1, 0.15) is 23.5 Å². The van der Waals surface area contributed by atoms with Crippen LogP contribution in [0, 0.1) is 0 Å². The molecule has 0 saturated carbocycles. The predicted octanol–water partition coefficient (Wildman–Crippen LogP) is 5.88. The average Bonchev–Trinajstić information content (AvgIpc) is 3.51. The van der Waals surface area contributed by atoms with Gasteiger partial charge in [-0.05, 0) is 40.8 Å². The molecule has 4 aromatic rings. The summed E-state index contributed by atoms with van der Waals surface area (Å²) in [6.45, 7) is 8.58. The molecule has 0 radical (unpaired) electrons. The van der Waals surface area contributed by atoms with E-state index in [-0.39, 0.29) is 23.5 Å². The van der Waals surface area contributed by atoms with Gasteiger partial charge in [0.05, 0.1) is 17.1 Å². The average molecular weight is 466 g/mol. The molecule has 0 spiro atoms. The number of fused-ring (bicyclic) bond motifs is 1. The number of hydrogen-bond acceptors (Lipinski definition) is 7. The molecule has 7 heteroatoms. The quantitative estimate of drug-likeness (QED) is 0.330. The van der Waals surface area contributed by atoms with E-state index in [2.05, 4.69) is 59.1 Å². The van der Waals surface area contributed by atoms with Crippen molar-refractivity contribution in [3.05, 3.63) is 89.5 Å². The third-order valence-electron chi connectivity index (χ3n) is 6.29. The first kappa shape index (κ1) is 22.8. The Bertz CT molecular complexity index is 1420. The van der Waals surface area contributed by atoms with E-state index in [1.54, 1.807) is 18.5 Å². The Kier molecular flexibility index (Phi) is 5.84. The maximum absolute atomic E-state index is 12.9. The van der Waals surface area contributed by atoms with Crippen molar-refractivity contribution < 1.29 is 9.32 Å². The molecule has 0 saturated heterocycles. The van der Waals surface area contributed by atoms with Crippen molar-refractivity contribution in [2.45, 2.75) is 51.9 Å². The van der Waals surface area contributed by atoms with Crippen molar-refractivity contribution in [2.24, 2.45) is 4.99 Å². The largest absolute Gasteiger partial charge is 0.360 e. The van der Waals surface area contributed by atoms with Gasteiger partial charge in [-0.1, -0.05) is 45.0 Å². The summed E-state index contributed by atoms with van der Waals surface area (Å²) in [5.41, 5.74) is 7.12. The molecule has 0 amide bonds. The number of nitrogens with zero attached hydrogens (tertiary/aromatic N) is 5. The second-order valence-electron chi connectivity index (χ2n) is 10.00. The molecule has 0 aliphatic carbocycles. The van der Waals surface area contributed by atoms with E-state index in [1.807, 2.05) is 25.1 Å². The Morgan fingerprint density at radius 2 is 1.83 bits per heavy atom. The number of carbonyl (C=O) groups excluding carboxylic acids is 1. The van der Waals surface area contributed by atoms with E-state index < -0.39 is 0 Å². The number of ketones is 1. The maximum atomic E-state index is 12.9. The summed E-state index contributed by atoms with van der Waals surface area (Å²) >= 11 is 0. The highest BCUT2D eigenvalue weighted by Crippen LogP contribution is 2.34. The molecule has 0 bridgehead atoms. The fraction of sp³-hybridized carbons (Fsp3) is 0.286. The van der Waals surface area contributed by atoms with Crippen LogP contribution < -0.4 is 0 Å². The van der Waals surface area contributed by atoms with Crippen molar-refractivity contribution in [2.75, 3.05) is 0 Å². The molecule has 0 unspecified atom stereocenters. The van der Waals surface area contributed by atoms with E-state index in [0.717, 1.165) is 29.1 Å². The van der Waals surface area contributed by atoms with E-state index in [1.165, 1.54) is 17.5 Å². The molecule has 4 heterocycles. The van der Waals surface area contributed by atoms with Crippen LogP contribution in [0.2, 0.25) is 0 Å². The van der Waals surface area contributed by atoms with Crippen molar-refractivity contribution in [3.8, 4) is 11.3 Å². The summed E-state index contributed by atoms with van der Waals surface area (Å²) < 4.78 is 5.62. The van der Waals surface area contributed by atoms with E-state index in [0.29, 0.717) is 17.1 Å². The number of carbonyl (C=O) groups is 1. The molecule has 3 aromatic heterocycles. The molecule has 35 heavy (non-hydrogen) atoms. The van der Waals surface area contributed by atoms with Crippen molar-refractivity contribution >= 4 is 17.2 Å². The van der Waals surface area contributed by atoms with Gasteiger partial charge in [0.2, 0.25) is 0 Å². The first-order valence-electron chi connectivity index (χ1n) is 11.7. The summed E-state index contributed by atoms with van der Waals surface area (Å²) in [7, 11) is 0. The Labute approximate surface area is 204 Å². The molecule has 5 rings (SSSR count). The molecule has 1 aromatic carbocycles. The molecular formula is C28H27N5O2. The Balaban J connectivity index is 1.28. The summed E-state index contributed by atoms with van der Waals surface area (Å²) in [4.78, 5) is 30.2. The Morgan fingerprint density at radius 1 is 1.03 bits per heavy atom. The zero-order valence-corrected chi connectivity index (χ0v) is 20.3. The number of aliphatic imine (C=N–C) groups is 1. The highest BCUT2D eigenvalue weighted by molar-refractivity contribution is 6.05. The van der Waals surface area contributed by atoms with Gasteiger partial charge in [-0.3, -0.25) is 14.8 Å². The highest BCUT2D eigenvalue weighted by atomic mass is 16.5. The van der Waals surface area contributed by atoms with Crippen LogP contribution in [0.5, 0.6) is 0 Å². The maximum Gasteiger partial charge on any atom is 0.182 e. The molecule has 176 valence electrons. The van der Waals surface area contributed by atoms with E-state index >= 15 is 0 Å². The summed E-state index contributed by atoms with van der Waals surface area (Å²) in [5, 5.41) is 4.26. The molecule has 0 fully saturated rings. The van der Waals surface area contributed by atoms with Gasteiger partial charge >= 0.3 is 0 Å². The van der Waals surface area contributed by atoms with Gasteiger partial charge < -0.3 is 4.52 Å². The molecule has 1 aliphatic rings.